The number of rotatable bonds is 3. The molecule has 1 aromatic heterocycles. The molecule has 0 aliphatic carbocycles. The van der Waals surface area contributed by atoms with Crippen LogP contribution in [0.3, 0.4) is 0 Å². The van der Waals surface area contributed by atoms with Crippen molar-refractivity contribution in [3.63, 3.8) is 0 Å². The van der Waals surface area contributed by atoms with Crippen LogP contribution in [0.2, 0.25) is 0 Å². The molecule has 1 saturated heterocycles. The van der Waals surface area contributed by atoms with Gasteiger partial charge < -0.3 is 9.64 Å². The Morgan fingerprint density at radius 1 is 1.43 bits per heavy atom. The number of hydrogen-bond donors (Lipinski definition) is 0. The van der Waals surface area contributed by atoms with Gasteiger partial charge in [0.25, 0.3) is 0 Å². The van der Waals surface area contributed by atoms with Gasteiger partial charge in [0.15, 0.2) is 5.16 Å². The normalized spacial score (nSPS) is 16.8. The maximum atomic E-state index is 12.0. The minimum absolute atomic E-state index is 0.224. The van der Waals surface area contributed by atoms with Gasteiger partial charge in [0.2, 0.25) is 0 Å². The SMILES string of the molecule is CSc1nccc(/C=N\C2CCN(C(=O)OC(C)(C)C)CC2)n1. The number of amides is 1. The standard InChI is InChI=1S/C16H24N4O2S/c1-16(2,3)22-15(21)20-9-6-12(7-10-20)18-11-13-5-8-17-14(19-13)23-4/h5,8,11-12H,6-7,9-10H2,1-4H3/b18-11-. The van der Waals surface area contributed by atoms with Crippen molar-refractivity contribution in [1.29, 1.82) is 0 Å². The molecule has 1 aliphatic heterocycles. The molecule has 0 saturated carbocycles. The lowest BCUT2D eigenvalue weighted by Gasteiger charge is -2.32. The number of ether oxygens (including phenoxy) is 1. The van der Waals surface area contributed by atoms with E-state index in [4.69, 9.17) is 4.74 Å². The first kappa shape index (κ1) is 17.7. The van der Waals surface area contributed by atoms with E-state index in [9.17, 15) is 4.79 Å². The number of likely N-dealkylation sites (tertiary alicyclic amines) is 1. The highest BCUT2D eigenvalue weighted by molar-refractivity contribution is 7.98. The van der Waals surface area contributed by atoms with Gasteiger partial charge in [0.1, 0.15) is 5.60 Å². The fourth-order valence-electron chi connectivity index (χ4n) is 2.23. The van der Waals surface area contributed by atoms with Crippen LogP contribution < -0.4 is 0 Å². The summed E-state index contributed by atoms with van der Waals surface area (Å²) in [5.41, 5.74) is 0.368. The van der Waals surface area contributed by atoms with Crippen molar-refractivity contribution in [2.45, 2.75) is 50.4 Å². The van der Waals surface area contributed by atoms with Crippen molar-refractivity contribution in [2.75, 3.05) is 19.3 Å². The molecule has 0 spiro atoms. The minimum Gasteiger partial charge on any atom is -0.444 e. The second-order valence-electron chi connectivity index (χ2n) is 6.44. The number of aliphatic imine (C=N–C) groups is 1. The van der Waals surface area contributed by atoms with Crippen LogP contribution in [0.1, 0.15) is 39.3 Å². The molecule has 1 fully saturated rings. The average molecular weight is 336 g/mol. The molecule has 7 heteroatoms. The number of carbonyl (C=O) groups excluding carboxylic acids is 1. The summed E-state index contributed by atoms with van der Waals surface area (Å²) in [7, 11) is 0. The third kappa shape index (κ3) is 5.82. The molecule has 2 heterocycles. The Kier molecular flexibility index (Phi) is 5.98. The summed E-state index contributed by atoms with van der Waals surface area (Å²) in [4.78, 5) is 26.9. The van der Waals surface area contributed by atoms with Gasteiger partial charge >= 0.3 is 6.09 Å². The highest BCUT2D eigenvalue weighted by Gasteiger charge is 2.26. The van der Waals surface area contributed by atoms with Crippen molar-refractivity contribution in [1.82, 2.24) is 14.9 Å². The van der Waals surface area contributed by atoms with Crippen molar-refractivity contribution < 1.29 is 9.53 Å². The van der Waals surface area contributed by atoms with E-state index in [-0.39, 0.29) is 12.1 Å². The Labute approximate surface area is 141 Å². The molecular weight excluding hydrogens is 312 g/mol. The van der Waals surface area contributed by atoms with Gasteiger partial charge in [-0.25, -0.2) is 14.8 Å². The molecule has 23 heavy (non-hydrogen) atoms. The summed E-state index contributed by atoms with van der Waals surface area (Å²) in [6.07, 6.45) is 6.94. The fraction of sp³-hybridized carbons (Fsp3) is 0.625. The van der Waals surface area contributed by atoms with E-state index in [1.165, 1.54) is 11.8 Å². The van der Waals surface area contributed by atoms with Crippen LogP contribution in [0.15, 0.2) is 22.4 Å². The number of hydrogen-bond acceptors (Lipinski definition) is 6. The van der Waals surface area contributed by atoms with Crippen LogP contribution in [-0.2, 0) is 4.74 Å². The Hall–Kier alpha value is -1.63. The van der Waals surface area contributed by atoms with Crippen molar-refractivity contribution >= 4 is 24.1 Å². The third-order valence-electron chi connectivity index (χ3n) is 3.37. The van der Waals surface area contributed by atoms with Gasteiger partial charge in [-0.15, -0.1) is 0 Å². The van der Waals surface area contributed by atoms with Crippen molar-refractivity contribution in [3.05, 3.63) is 18.0 Å². The largest absolute Gasteiger partial charge is 0.444 e. The smallest absolute Gasteiger partial charge is 0.410 e. The van der Waals surface area contributed by atoms with Gasteiger partial charge in [-0.05, 0) is 45.9 Å². The quantitative estimate of drug-likeness (QED) is 0.482. The molecule has 1 amide bonds. The average Bonchev–Trinajstić information content (AvgIpc) is 2.52. The molecule has 126 valence electrons. The molecule has 0 atom stereocenters. The first-order valence-corrected chi connectivity index (χ1v) is 8.98. The van der Waals surface area contributed by atoms with E-state index in [2.05, 4.69) is 15.0 Å². The Morgan fingerprint density at radius 3 is 2.74 bits per heavy atom. The lowest BCUT2D eigenvalue weighted by atomic mass is 10.1. The maximum absolute atomic E-state index is 12.0. The van der Waals surface area contributed by atoms with Crippen molar-refractivity contribution in [2.24, 2.45) is 4.99 Å². The van der Waals surface area contributed by atoms with E-state index in [0.717, 1.165) is 23.7 Å². The second kappa shape index (κ2) is 7.77. The van der Waals surface area contributed by atoms with Gasteiger partial charge in [-0.3, -0.25) is 4.99 Å². The highest BCUT2D eigenvalue weighted by atomic mass is 32.2. The van der Waals surface area contributed by atoms with Crippen LogP contribution >= 0.6 is 11.8 Å². The number of piperidine rings is 1. The molecule has 6 nitrogen and oxygen atoms in total. The van der Waals surface area contributed by atoms with Gasteiger partial charge in [-0.1, -0.05) is 11.8 Å². The first-order valence-electron chi connectivity index (χ1n) is 7.75. The molecular formula is C16H24N4O2S. The van der Waals surface area contributed by atoms with E-state index >= 15 is 0 Å². The summed E-state index contributed by atoms with van der Waals surface area (Å²) in [6, 6.07) is 2.07. The topological polar surface area (TPSA) is 67.7 Å². The Balaban J connectivity index is 1.84. The van der Waals surface area contributed by atoms with E-state index in [1.807, 2.05) is 33.1 Å². The number of nitrogens with zero attached hydrogens (tertiary/aromatic N) is 4. The number of thioether (sulfide) groups is 1. The van der Waals surface area contributed by atoms with Crippen LogP contribution in [0.25, 0.3) is 0 Å². The monoisotopic (exact) mass is 336 g/mol. The first-order chi connectivity index (χ1) is 10.9. The summed E-state index contributed by atoms with van der Waals surface area (Å²) < 4.78 is 5.40. The van der Waals surface area contributed by atoms with E-state index < -0.39 is 5.60 Å². The summed E-state index contributed by atoms with van der Waals surface area (Å²) >= 11 is 1.51. The van der Waals surface area contributed by atoms with Gasteiger partial charge in [0, 0.05) is 25.5 Å². The molecule has 1 aromatic rings. The zero-order chi connectivity index (χ0) is 16.9. The summed E-state index contributed by atoms with van der Waals surface area (Å²) in [5, 5.41) is 0.744. The number of aromatic nitrogens is 2. The van der Waals surface area contributed by atoms with Crippen LogP contribution in [0.5, 0.6) is 0 Å². The number of carbonyl (C=O) groups is 1. The summed E-state index contributed by atoms with van der Waals surface area (Å²) in [5.74, 6) is 0. The van der Waals surface area contributed by atoms with Gasteiger partial charge in [0.05, 0.1) is 11.7 Å². The lowest BCUT2D eigenvalue weighted by molar-refractivity contribution is 0.0207. The van der Waals surface area contributed by atoms with Gasteiger partial charge in [-0.2, -0.15) is 0 Å². The van der Waals surface area contributed by atoms with Crippen LogP contribution in [-0.4, -0.2) is 58.2 Å². The summed E-state index contributed by atoms with van der Waals surface area (Å²) in [6.45, 7) is 7.00. The van der Waals surface area contributed by atoms with Crippen molar-refractivity contribution in [3.8, 4) is 0 Å². The molecule has 1 aliphatic rings. The zero-order valence-corrected chi connectivity index (χ0v) is 15.0. The highest BCUT2D eigenvalue weighted by Crippen LogP contribution is 2.17. The second-order valence-corrected chi connectivity index (χ2v) is 7.22. The third-order valence-corrected chi connectivity index (χ3v) is 3.93. The molecule has 2 rings (SSSR count). The predicted octanol–water partition coefficient (Wildman–Crippen LogP) is 3.02. The van der Waals surface area contributed by atoms with E-state index in [0.29, 0.717) is 13.1 Å². The van der Waals surface area contributed by atoms with E-state index in [1.54, 1.807) is 17.3 Å². The molecule has 0 bridgehead atoms. The lowest BCUT2D eigenvalue weighted by Crippen LogP contribution is -2.42. The fourth-order valence-corrected chi connectivity index (χ4v) is 2.59. The Morgan fingerprint density at radius 2 is 2.13 bits per heavy atom. The van der Waals surface area contributed by atoms with Crippen LogP contribution in [0, 0.1) is 0 Å². The molecule has 0 radical (unpaired) electrons. The molecule has 0 aromatic carbocycles. The zero-order valence-electron chi connectivity index (χ0n) is 14.2. The molecule has 0 unspecified atom stereocenters. The maximum Gasteiger partial charge on any atom is 0.410 e. The molecule has 0 N–H and O–H groups in total. The predicted molar refractivity (Wildman–Crippen MR) is 92.2 cm³/mol. The van der Waals surface area contributed by atoms with Crippen LogP contribution in [0.4, 0.5) is 4.79 Å². The minimum atomic E-state index is -0.450. The Bertz CT molecular complexity index is 563.